The number of aliphatic hydroxyl groups is 2. The molecular weight excluding hydrogens is 765 g/mol. The Balaban J connectivity index is 1.54. The van der Waals surface area contributed by atoms with Crippen LogP contribution in [0.15, 0.2) is 107 Å². The molecule has 6 unspecified atom stereocenters. The summed E-state index contributed by atoms with van der Waals surface area (Å²) < 4.78 is 26.7. The van der Waals surface area contributed by atoms with E-state index in [1.807, 2.05) is 93.8 Å². The topological polar surface area (TPSA) is 119 Å². The van der Waals surface area contributed by atoms with Crippen molar-refractivity contribution in [3.63, 3.8) is 0 Å². The molecule has 0 spiro atoms. The first-order valence-corrected chi connectivity index (χ1v) is 22.2. The number of ether oxygens (including phenoxy) is 4. The number of likely N-dealkylation sites (N-methyl/N-ethyl adjacent to an activating group) is 1. The van der Waals surface area contributed by atoms with E-state index in [-0.39, 0.29) is 62.6 Å². The van der Waals surface area contributed by atoms with Crippen molar-refractivity contribution in [2.45, 2.75) is 95.0 Å². The molecule has 1 aliphatic heterocycles. The molecule has 0 saturated heterocycles. The molecule has 6 atom stereocenters. The van der Waals surface area contributed by atoms with Gasteiger partial charge in [0.05, 0.1) is 24.8 Å². The standard InChI is InChI=1S/C48H62N2O8S/c1-7-27-55-48-43(50(5)46(53)54-32-47(2,3)4)30-41(49-56-31-33-15-9-8-10-16-33)39-28-34(17-11-13-25-51)38(18-12-14-26-52)44(45(39)48)40-29-36(21-24-42(40)58-48)57-35-19-22-37(59-6)23-20-35/h7-10,15-16,19-24,28-29,34,38,43-45,51-52H,1,11-14,17-18,25-27,30-32H2,2-6H3. The first kappa shape index (κ1) is 44.3. The summed E-state index contributed by atoms with van der Waals surface area (Å²) in [6.07, 6.45) is 10.6. The minimum absolute atomic E-state index is 0.0860. The highest BCUT2D eigenvalue weighted by Gasteiger charge is 2.65. The zero-order valence-corrected chi connectivity index (χ0v) is 36.1. The number of oxime groups is 1. The number of unbranched alkanes of at least 4 members (excludes halogenated alkanes) is 2. The van der Waals surface area contributed by atoms with Gasteiger partial charge in [0.2, 0.25) is 5.79 Å². The summed E-state index contributed by atoms with van der Waals surface area (Å²) in [6.45, 7) is 11.0. The van der Waals surface area contributed by atoms with Gasteiger partial charge in [-0.3, -0.25) is 0 Å². The second-order valence-corrected chi connectivity index (χ2v) is 17.9. The molecule has 3 aliphatic rings. The lowest BCUT2D eigenvalue weighted by Crippen LogP contribution is -2.69. The summed E-state index contributed by atoms with van der Waals surface area (Å²) in [6, 6.07) is 23.3. The van der Waals surface area contributed by atoms with Gasteiger partial charge in [-0.2, -0.15) is 0 Å². The van der Waals surface area contributed by atoms with Gasteiger partial charge >= 0.3 is 6.09 Å². The Morgan fingerprint density at radius 2 is 1.71 bits per heavy atom. The molecule has 0 radical (unpaired) electrons. The molecular formula is C48H62N2O8S. The average molecular weight is 827 g/mol. The molecule has 11 heteroatoms. The van der Waals surface area contributed by atoms with Crippen molar-refractivity contribution in [3.8, 4) is 17.2 Å². The Kier molecular flexibility index (Phi) is 15.2. The molecule has 1 amide bonds. The summed E-state index contributed by atoms with van der Waals surface area (Å²) in [5.74, 6) is 0.279. The lowest BCUT2D eigenvalue weighted by molar-refractivity contribution is -0.253. The Labute approximate surface area is 354 Å². The van der Waals surface area contributed by atoms with Gasteiger partial charge in [0, 0.05) is 43.1 Å². The molecule has 59 heavy (non-hydrogen) atoms. The number of carbonyl (C=O) groups is 1. The molecule has 0 aromatic heterocycles. The Morgan fingerprint density at radius 1 is 1.00 bits per heavy atom. The van der Waals surface area contributed by atoms with Gasteiger partial charge in [-0.05, 0) is 103 Å². The summed E-state index contributed by atoms with van der Waals surface area (Å²) >= 11 is 1.68. The van der Waals surface area contributed by atoms with Gasteiger partial charge in [0.15, 0.2) is 0 Å². The van der Waals surface area contributed by atoms with E-state index in [1.165, 1.54) is 0 Å². The van der Waals surface area contributed by atoms with Crippen molar-refractivity contribution >= 4 is 23.6 Å². The number of thioether (sulfide) groups is 1. The molecule has 0 bridgehead atoms. The van der Waals surface area contributed by atoms with Crippen LogP contribution >= 0.6 is 11.8 Å². The molecule has 2 N–H and O–H groups in total. The first-order chi connectivity index (χ1) is 28.5. The van der Waals surface area contributed by atoms with Crippen LogP contribution in [0.3, 0.4) is 0 Å². The van der Waals surface area contributed by atoms with E-state index in [9.17, 15) is 15.0 Å². The number of rotatable bonds is 19. The number of fused-ring (bicyclic) bond motifs is 2. The SMILES string of the molecule is C=CCOC12Oc3ccc(Oc4ccc(SC)cc4)cc3C3C(CCCCO)C(CCCCO)C=C(C(=NOCc4ccccc4)CC1N(C)C(=O)OCC(C)(C)C)C32. The van der Waals surface area contributed by atoms with E-state index in [4.69, 9.17) is 28.9 Å². The van der Waals surface area contributed by atoms with Gasteiger partial charge in [0.1, 0.15) is 29.9 Å². The molecule has 2 aliphatic carbocycles. The first-order valence-electron chi connectivity index (χ1n) is 21.0. The van der Waals surface area contributed by atoms with Crippen LogP contribution in [0.5, 0.6) is 17.2 Å². The number of hydrogen-bond acceptors (Lipinski definition) is 10. The number of carbonyl (C=O) groups excluding carboxylic acids is 1. The Morgan fingerprint density at radius 3 is 2.39 bits per heavy atom. The fraction of sp³-hybridized carbons (Fsp3) is 0.500. The lowest BCUT2D eigenvalue weighted by Gasteiger charge is -2.59. The van der Waals surface area contributed by atoms with Crippen molar-refractivity contribution in [2.75, 3.05) is 39.7 Å². The third kappa shape index (κ3) is 10.5. The highest BCUT2D eigenvalue weighted by Crippen LogP contribution is 2.62. The highest BCUT2D eigenvalue weighted by atomic mass is 32.2. The predicted octanol–water partition coefficient (Wildman–Crippen LogP) is 10.1. The van der Waals surface area contributed by atoms with E-state index < -0.39 is 23.8 Å². The summed E-state index contributed by atoms with van der Waals surface area (Å²) in [7, 11) is 1.75. The molecule has 6 rings (SSSR count). The van der Waals surface area contributed by atoms with Gasteiger partial charge in [0.25, 0.3) is 0 Å². The molecule has 1 fully saturated rings. The summed E-state index contributed by atoms with van der Waals surface area (Å²) in [5.41, 5.74) is 3.43. The van der Waals surface area contributed by atoms with E-state index in [1.54, 1.807) is 29.8 Å². The van der Waals surface area contributed by atoms with Crippen molar-refractivity contribution in [1.82, 2.24) is 4.90 Å². The smallest absolute Gasteiger partial charge is 0.410 e. The number of hydrogen-bond donors (Lipinski definition) is 2. The van der Waals surface area contributed by atoms with Gasteiger partial charge in [-0.25, -0.2) is 4.79 Å². The van der Waals surface area contributed by atoms with Crippen LogP contribution in [0.2, 0.25) is 0 Å². The quantitative estimate of drug-likeness (QED) is 0.0527. The van der Waals surface area contributed by atoms with Crippen LogP contribution < -0.4 is 9.47 Å². The van der Waals surface area contributed by atoms with Crippen molar-refractivity contribution in [1.29, 1.82) is 0 Å². The molecule has 10 nitrogen and oxygen atoms in total. The molecule has 3 aromatic carbocycles. The summed E-state index contributed by atoms with van der Waals surface area (Å²) in [4.78, 5) is 23.0. The van der Waals surface area contributed by atoms with Crippen LogP contribution in [0.1, 0.15) is 82.8 Å². The van der Waals surface area contributed by atoms with Crippen LogP contribution in [-0.2, 0) is 20.9 Å². The fourth-order valence-electron chi connectivity index (χ4n) is 8.84. The highest BCUT2D eigenvalue weighted by molar-refractivity contribution is 7.98. The van der Waals surface area contributed by atoms with Crippen LogP contribution in [-0.4, -0.2) is 78.5 Å². The largest absolute Gasteiger partial charge is 0.459 e. The number of aliphatic hydroxyl groups excluding tert-OH is 2. The molecule has 3 aromatic rings. The lowest BCUT2D eigenvalue weighted by atomic mass is 9.55. The van der Waals surface area contributed by atoms with E-state index in [0.29, 0.717) is 24.3 Å². The van der Waals surface area contributed by atoms with E-state index >= 15 is 0 Å². The number of allylic oxidation sites excluding steroid dienone is 1. The van der Waals surface area contributed by atoms with Crippen molar-refractivity contribution < 1.29 is 38.8 Å². The normalized spacial score (nSPS) is 23.9. The molecule has 1 heterocycles. The number of nitrogens with zero attached hydrogens (tertiary/aromatic N) is 2. The van der Waals surface area contributed by atoms with E-state index in [2.05, 4.69) is 18.7 Å². The predicted molar refractivity (Wildman–Crippen MR) is 233 cm³/mol. The third-order valence-corrected chi connectivity index (χ3v) is 12.3. The minimum Gasteiger partial charge on any atom is -0.459 e. The van der Waals surface area contributed by atoms with E-state index in [0.717, 1.165) is 58.7 Å². The Hall–Kier alpha value is -4.29. The average Bonchev–Trinajstić information content (AvgIpc) is 3.23. The molecule has 1 saturated carbocycles. The van der Waals surface area contributed by atoms with Crippen molar-refractivity contribution in [3.05, 3.63) is 108 Å². The Bertz CT molecular complexity index is 1910. The maximum Gasteiger partial charge on any atom is 0.410 e. The van der Waals surface area contributed by atoms with Gasteiger partial charge < -0.3 is 38.9 Å². The van der Waals surface area contributed by atoms with Crippen LogP contribution in [0, 0.1) is 23.2 Å². The zero-order valence-electron chi connectivity index (χ0n) is 35.3. The third-order valence-electron chi connectivity index (χ3n) is 11.6. The summed E-state index contributed by atoms with van der Waals surface area (Å²) in [5, 5.41) is 24.7. The van der Waals surface area contributed by atoms with Gasteiger partial charge in [-0.15, -0.1) is 18.3 Å². The minimum atomic E-state index is -1.37. The maximum atomic E-state index is 14.1. The maximum absolute atomic E-state index is 14.1. The second kappa shape index (κ2) is 20.3. The van der Waals surface area contributed by atoms with Crippen molar-refractivity contribution in [2.24, 2.45) is 28.3 Å². The fourth-order valence-corrected chi connectivity index (χ4v) is 9.25. The zero-order chi connectivity index (χ0) is 42.0. The second-order valence-electron chi connectivity index (χ2n) is 17.0. The monoisotopic (exact) mass is 826 g/mol. The van der Waals surface area contributed by atoms with Crippen LogP contribution in [0.4, 0.5) is 4.79 Å². The number of benzene rings is 3. The van der Waals surface area contributed by atoms with Crippen LogP contribution in [0.25, 0.3) is 0 Å². The molecule has 318 valence electrons. The number of amides is 1. The van der Waals surface area contributed by atoms with Gasteiger partial charge in [-0.1, -0.05) is 81.3 Å².